The second kappa shape index (κ2) is 10.4. The summed E-state index contributed by atoms with van der Waals surface area (Å²) in [4.78, 5) is 16.2. The lowest BCUT2D eigenvalue weighted by molar-refractivity contribution is -0.141. The van der Waals surface area contributed by atoms with Gasteiger partial charge in [-0.05, 0) is 60.7 Å². The number of aryl methyl sites for hydroxylation is 1. The molecule has 0 spiro atoms. The molecular weight excluding hydrogens is 522 g/mol. The van der Waals surface area contributed by atoms with Gasteiger partial charge in [0.1, 0.15) is 11.5 Å². The first-order chi connectivity index (χ1) is 18.4. The van der Waals surface area contributed by atoms with Crippen molar-refractivity contribution >= 4 is 28.4 Å². The van der Waals surface area contributed by atoms with Gasteiger partial charge in [0.15, 0.2) is 0 Å². The number of rotatable bonds is 7. The summed E-state index contributed by atoms with van der Waals surface area (Å²) in [7, 11) is 0. The van der Waals surface area contributed by atoms with Crippen LogP contribution in [0.2, 0.25) is 0 Å². The van der Waals surface area contributed by atoms with Gasteiger partial charge in [-0.15, -0.1) is 13.2 Å². The minimum absolute atomic E-state index is 0.113. The Morgan fingerprint density at radius 2 is 1.62 bits per heavy atom. The van der Waals surface area contributed by atoms with Gasteiger partial charge in [-0.2, -0.15) is 31.3 Å². The number of nitrogen functional groups attached to an aromatic ring is 1. The van der Waals surface area contributed by atoms with E-state index in [0.717, 1.165) is 18.3 Å². The Hall–Kier alpha value is -4.48. The number of alkyl halides is 6. The van der Waals surface area contributed by atoms with Crippen LogP contribution in [0.5, 0.6) is 0 Å². The van der Waals surface area contributed by atoms with E-state index in [1.807, 2.05) is 0 Å². The largest absolute Gasteiger partial charge is 0.433 e. The maximum atomic E-state index is 14.0. The van der Waals surface area contributed by atoms with Gasteiger partial charge < -0.3 is 11.1 Å². The van der Waals surface area contributed by atoms with Crippen molar-refractivity contribution in [1.29, 1.82) is 0 Å². The number of nitrogens with one attached hydrogen (secondary N) is 1. The second-order valence-electron chi connectivity index (χ2n) is 8.55. The fourth-order valence-corrected chi connectivity index (χ4v) is 4.41. The minimum atomic E-state index is -4.68. The van der Waals surface area contributed by atoms with Crippen LogP contribution in [0.3, 0.4) is 0 Å². The number of halogens is 6. The topological polar surface area (TPSA) is 89.6 Å². The lowest BCUT2D eigenvalue weighted by Gasteiger charge is -2.23. The molecule has 3 aromatic heterocycles. The van der Waals surface area contributed by atoms with E-state index in [2.05, 4.69) is 38.4 Å². The van der Waals surface area contributed by atoms with Gasteiger partial charge >= 0.3 is 12.4 Å². The number of benzene rings is 1. The van der Waals surface area contributed by atoms with E-state index in [4.69, 9.17) is 5.73 Å². The van der Waals surface area contributed by atoms with Crippen molar-refractivity contribution in [2.24, 2.45) is 0 Å². The molecule has 3 N–H and O–H groups in total. The van der Waals surface area contributed by atoms with E-state index in [9.17, 15) is 26.3 Å². The van der Waals surface area contributed by atoms with Crippen LogP contribution in [0.15, 0.2) is 62.0 Å². The third kappa shape index (κ3) is 5.40. The highest BCUT2D eigenvalue weighted by Gasteiger charge is 2.36. The van der Waals surface area contributed by atoms with Crippen LogP contribution in [0.1, 0.15) is 27.9 Å². The van der Waals surface area contributed by atoms with E-state index in [1.54, 1.807) is 13.0 Å². The molecule has 12 heteroatoms. The van der Waals surface area contributed by atoms with Crippen LogP contribution in [-0.4, -0.2) is 19.9 Å². The maximum Gasteiger partial charge on any atom is 0.433 e. The molecule has 4 aromatic rings. The van der Waals surface area contributed by atoms with Crippen LogP contribution in [0.25, 0.3) is 22.2 Å². The van der Waals surface area contributed by atoms with Crippen LogP contribution < -0.4 is 11.1 Å². The monoisotopic (exact) mass is 544 g/mol. The first-order valence-corrected chi connectivity index (χ1v) is 11.5. The fourth-order valence-electron chi connectivity index (χ4n) is 4.41. The molecule has 0 saturated carbocycles. The first-order valence-electron chi connectivity index (χ1n) is 11.5. The van der Waals surface area contributed by atoms with Crippen LogP contribution in [0.4, 0.5) is 43.8 Å². The number of anilines is 3. The molecule has 0 atom stereocenters. The van der Waals surface area contributed by atoms with Gasteiger partial charge in [-0.1, -0.05) is 12.2 Å². The summed E-state index contributed by atoms with van der Waals surface area (Å²) in [5.41, 5.74) is 5.80. The first kappa shape index (κ1) is 27.6. The SMILES string of the molecule is C=CCc1c(-c2ncccc2C(F)(F)F)c(CC=C)c2nc(N)nc(Nc3ccc(C(F)(F)F)nc3)c2c1C. The van der Waals surface area contributed by atoms with E-state index < -0.39 is 23.6 Å². The number of allylic oxidation sites excluding steroid dienone is 2. The Kier molecular flexibility index (Phi) is 7.31. The summed E-state index contributed by atoms with van der Waals surface area (Å²) >= 11 is 0. The lowest BCUT2D eigenvalue weighted by atomic mass is 9.86. The van der Waals surface area contributed by atoms with Crippen LogP contribution >= 0.6 is 0 Å². The number of nitrogens with two attached hydrogens (primary N) is 1. The number of aromatic nitrogens is 4. The number of pyridine rings is 2. The predicted molar refractivity (Wildman–Crippen MR) is 137 cm³/mol. The molecule has 0 bridgehead atoms. The third-order valence-corrected chi connectivity index (χ3v) is 6.01. The molecule has 0 amide bonds. The molecule has 4 rings (SSSR count). The quantitative estimate of drug-likeness (QED) is 0.189. The van der Waals surface area contributed by atoms with Crippen molar-refractivity contribution in [3.63, 3.8) is 0 Å². The molecule has 3 heterocycles. The number of hydrogen-bond acceptors (Lipinski definition) is 6. The Balaban J connectivity index is 2.05. The Bertz CT molecular complexity index is 1560. The molecule has 0 saturated heterocycles. The van der Waals surface area contributed by atoms with E-state index >= 15 is 0 Å². The third-order valence-electron chi connectivity index (χ3n) is 6.01. The molecule has 0 fully saturated rings. The highest BCUT2D eigenvalue weighted by atomic mass is 19.4. The molecule has 0 aliphatic rings. The molecule has 0 aliphatic heterocycles. The predicted octanol–water partition coefficient (Wildman–Crippen LogP) is 7.22. The zero-order valence-electron chi connectivity index (χ0n) is 20.6. The summed E-state index contributed by atoms with van der Waals surface area (Å²) < 4.78 is 81.0. The van der Waals surface area contributed by atoms with E-state index in [1.165, 1.54) is 24.4 Å². The average Bonchev–Trinajstić information content (AvgIpc) is 2.86. The van der Waals surface area contributed by atoms with E-state index in [-0.39, 0.29) is 47.1 Å². The van der Waals surface area contributed by atoms with Gasteiger partial charge in [0.25, 0.3) is 0 Å². The molecule has 0 aliphatic carbocycles. The summed E-state index contributed by atoms with van der Waals surface area (Å²) in [5, 5.41) is 3.35. The van der Waals surface area contributed by atoms with Crippen molar-refractivity contribution in [1.82, 2.24) is 19.9 Å². The second-order valence-corrected chi connectivity index (χ2v) is 8.55. The average molecular weight is 545 g/mol. The number of fused-ring (bicyclic) bond motifs is 1. The van der Waals surface area contributed by atoms with Crippen molar-refractivity contribution in [3.05, 3.63) is 89.9 Å². The highest BCUT2D eigenvalue weighted by Crippen LogP contribution is 2.44. The van der Waals surface area contributed by atoms with Gasteiger partial charge in [-0.25, -0.2) is 9.97 Å². The zero-order valence-corrected chi connectivity index (χ0v) is 20.6. The summed E-state index contributed by atoms with van der Waals surface area (Å²) in [6.07, 6.45) is -3.66. The summed E-state index contributed by atoms with van der Waals surface area (Å²) in [6.45, 7) is 9.20. The molecule has 0 radical (unpaired) electrons. The van der Waals surface area contributed by atoms with Crippen LogP contribution in [0, 0.1) is 6.92 Å². The number of nitrogens with zero attached hydrogens (tertiary/aromatic N) is 4. The molecule has 1 aromatic carbocycles. The minimum Gasteiger partial charge on any atom is -0.368 e. The van der Waals surface area contributed by atoms with Gasteiger partial charge in [-0.3, -0.25) is 4.98 Å². The van der Waals surface area contributed by atoms with Gasteiger partial charge in [0, 0.05) is 17.1 Å². The molecule has 0 unspecified atom stereocenters. The van der Waals surface area contributed by atoms with Gasteiger partial charge in [0.2, 0.25) is 5.95 Å². The van der Waals surface area contributed by atoms with Crippen molar-refractivity contribution in [3.8, 4) is 11.3 Å². The van der Waals surface area contributed by atoms with Crippen molar-refractivity contribution < 1.29 is 26.3 Å². The molecule has 202 valence electrons. The normalized spacial score (nSPS) is 12.0. The Morgan fingerprint density at radius 1 is 0.923 bits per heavy atom. The summed E-state index contributed by atoms with van der Waals surface area (Å²) in [5.74, 6) is -0.0510. The molecule has 39 heavy (non-hydrogen) atoms. The van der Waals surface area contributed by atoms with Crippen molar-refractivity contribution in [2.75, 3.05) is 11.1 Å². The molecular formula is C27H22F6N6. The highest BCUT2D eigenvalue weighted by molar-refractivity contribution is 6.01. The Morgan fingerprint density at radius 3 is 2.21 bits per heavy atom. The smallest absolute Gasteiger partial charge is 0.368 e. The van der Waals surface area contributed by atoms with Crippen LogP contribution in [-0.2, 0) is 25.2 Å². The van der Waals surface area contributed by atoms with E-state index in [0.29, 0.717) is 22.1 Å². The Labute approximate surface area is 219 Å². The zero-order chi connectivity index (χ0) is 28.5. The number of hydrogen-bond donors (Lipinski definition) is 2. The molecule has 6 nitrogen and oxygen atoms in total. The van der Waals surface area contributed by atoms with Crippen molar-refractivity contribution in [2.45, 2.75) is 32.1 Å². The summed E-state index contributed by atoms with van der Waals surface area (Å²) in [6, 6.07) is 4.16. The standard InChI is InChI=1S/C27H22F6N6/c1-4-7-16-14(3)20-22(17(8-5-2)21(16)23-18(26(28,29)30)9-6-12-35-23)38-25(34)39-24(20)37-15-10-11-19(36-13-15)27(31,32)33/h4-6,9-13H,1-2,7-8H2,3H3,(H3,34,37,38,39). The van der Waals surface area contributed by atoms with Gasteiger partial charge in [0.05, 0.1) is 28.7 Å². The lowest BCUT2D eigenvalue weighted by Crippen LogP contribution is -2.12. The maximum absolute atomic E-state index is 14.0. The fraction of sp³-hybridized carbons (Fsp3) is 0.185.